The highest BCUT2D eigenvalue weighted by molar-refractivity contribution is 5.83. The third kappa shape index (κ3) is 9.96. The van der Waals surface area contributed by atoms with Gasteiger partial charge in [-0.05, 0) is 217 Å². The maximum Gasteiger partial charge on any atom is 0.0491 e. The monoisotopic (exact) mass is 961 g/mol. The molecule has 2 N–H and O–H groups in total. The average Bonchev–Trinajstić information content (AvgIpc) is 3.45. The van der Waals surface area contributed by atoms with Crippen LogP contribution in [0.25, 0.3) is 22.3 Å². The molecule has 0 unspecified atom stereocenters. The Labute approximate surface area is 438 Å². The van der Waals surface area contributed by atoms with Crippen molar-refractivity contribution in [3.05, 3.63) is 276 Å². The van der Waals surface area contributed by atoms with Gasteiger partial charge in [0.1, 0.15) is 0 Å². The predicted molar refractivity (Wildman–Crippen MR) is 315 cm³/mol. The third-order valence-corrected chi connectivity index (χ3v) is 15.2. The minimum absolute atomic E-state index is 0.0752. The van der Waals surface area contributed by atoms with Gasteiger partial charge in [0, 0.05) is 62.3 Å². The molecule has 74 heavy (non-hydrogen) atoms. The molecule has 10 aromatic rings. The third-order valence-electron chi connectivity index (χ3n) is 15.2. The number of aryl methyl sites for hydroxylation is 4. The van der Waals surface area contributed by atoms with Gasteiger partial charge in [0.25, 0.3) is 0 Å². The van der Waals surface area contributed by atoms with Gasteiger partial charge in [0.15, 0.2) is 0 Å². The summed E-state index contributed by atoms with van der Waals surface area (Å²) in [6.07, 6.45) is 5.95. The summed E-state index contributed by atoms with van der Waals surface area (Å²) >= 11 is 0. The maximum atomic E-state index is 3.58. The fourth-order valence-corrected chi connectivity index (χ4v) is 11.3. The van der Waals surface area contributed by atoms with Crippen LogP contribution in [0.2, 0.25) is 0 Å². The molecular formula is C70H64N4. The summed E-state index contributed by atoms with van der Waals surface area (Å²) in [5.74, 6) is 0. The van der Waals surface area contributed by atoms with Gasteiger partial charge in [-0.25, -0.2) is 0 Å². The predicted octanol–water partition coefficient (Wildman–Crippen LogP) is 19.9. The molecule has 0 amide bonds. The number of anilines is 10. The second-order valence-corrected chi connectivity index (χ2v) is 20.1. The molecule has 0 spiro atoms. The number of nitrogens with one attached hydrogen (secondary N) is 2. The summed E-state index contributed by atoms with van der Waals surface area (Å²) in [6.45, 7) is 8.83. The molecule has 4 nitrogen and oxygen atoms in total. The fraction of sp³-hybridized carbons (Fsp3) is 0.143. The zero-order valence-electron chi connectivity index (χ0n) is 43.0. The molecule has 1 aliphatic rings. The molecule has 0 radical (unpaired) electrons. The van der Waals surface area contributed by atoms with Crippen molar-refractivity contribution < 1.29 is 0 Å². The van der Waals surface area contributed by atoms with Crippen molar-refractivity contribution in [2.45, 2.75) is 65.2 Å². The molecule has 0 bridgehead atoms. The number of benzene rings is 10. The largest absolute Gasteiger partial charge is 0.355 e. The Morgan fingerprint density at radius 1 is 0.311 bits per heavy atom. The van der Waals surface area contributed by atoms with Crippen molar-refractivity contribution in [1.29, 1.82) is 0 Å². The SMILES string of the molecule is Cc1cc(-c2ccc(N(c3ccccc3)c3ccc(C4(c5ccc(N(c6ccccc6)c6ccc(-c7ccc(Nc8ccccc8)c(C)c7)cc6C)cc5)CCCCC4)cc3)c(C)c2)ccc1Nc1ccccc1. The van der Waals surface area contributed by atoms with Crippen LogP contribution in [-0.2, 0) is 5.41 Å². The molecule has 10 aromatic carbocycles. The van der Waals surface area contributed by atoms with Crippen LogP contribution in [-0.4, -0.2) is 0 Å². The zero-order valence-corrected chi connectivity index (χ0v) is 43.0. The van der Waals surface area contributed by atoms with Crippen molar-refractivity contribution in [3.8, 4) is 22.3 Å². The molecule has 0 aromatic heterocycles. The van der Waals surface area contributed by atoms with E-state index in [4.69, 9.17) is 0 Å². The van der Waals surface area contributed by atoms with Crippen LogP contribution in [0.4, 0.5) is 56.9 Å². The van der Waals surface area contributed by atoms with Gasteiger partial charge in [-0.2, -0.15) is 0 Å². The highest BCUT2D eigenvalue weighted by atomic mass is 15.1. The second kappa shape index (κ2) is 21.2. The van der Waals surface area contributed by atoms with Gasteiger partial charge in [-0.3, -0.25) is 0 Å². The van der Waals surface area contributed by atoms with Gasteiger partial charge in [0.2, 0.25) is 0 Å². The Kier molecular flexibility index (Phi) is 13.7. The van der Waals surface area contributed by atoms with Crippen LogP contribution in [0.3, 0.4) is 0 Å². The molecule has 0 atom stereocenters. The number of hydrogen-bond acceptors (Lipinski definition) is 4. The lowest BCUT2D eigenvalue weighted by Gasteiger charge is -2.39. The van der Waals surface area contributed by atoms with E-state index in [1.807, 2.05) is 12.1 Å². The quantitative estimate of drug-likeness (QED) is 0.114. The van der Waals surface area contributed by atoms with E-state index in [0.717, 1.165) is 58.3 Å². The van der Waals surface area contributed by atoms with Gasteiger partial charge in [-0.15, -0.1) is 0 Å². The maximum absolute atomic E-state index is 3.58. The molecule has 1 aliphatic carbocycles. The molecular weight excluding hydrogens is 897 g/mol. The summed E-state index contributed by atoms with van der Waals surface area (Å²) in [5.41, 5.74) is 23.7. The molecule has 1 saturated carbocycles. The van der Waals surface area contributed by atoms with Crippen molar-refractivity contribution in [1.82, 2.24) is 0 Å². The van der Waals surface area contributed by atoms with E-state index in [-0.39, 0.29) is 5.41 Å². The van der Waals surface area contributed by atoms with Crippen molar-refractivity contribution in [2.75, 3.05) is 20.4 Å². The minimum Gasteiger partial charge on any atom is -0.355 e. The van der Waals surface area contributed by atoms with Crippen LogP contribution in [0, 0.1) is 27.7 Å². The molecule has 0 saturated heterocycles. The van der Waals surface area contributed by atoms with E-state index in [9.17, 15) is 0 Å². The molecule has 0 heterocycles. The van der Waals surface area contributed by atoms with Crippen molar-refractivity contribution in [2.24, 2.45) is 0 Å². The highest BCUT2D eigenvalue weighted by Gasteiger charge is 2.36. The van der Waals surface area contributed by atoms with Crippen molar-refractivity contribution >= 4 is 56.9 Å². The van der Waals surface area contributed by atoms with Crippen LogP contribution >= 0.6 is 0 Å². The van der Waals surface area contributed by atoms with E-state index in [0.29, 0.717) is 0 Å². The first kappa shape index (κ1) is 47.7. The Hall–Kier alpha value is -8.60. The first-order valence-electron chi connectivity index (χ1n) is 26.3. The normalized spacial score (nSPS) is 13.0. The van der Waals surface area contributed by atoms with E-state index in [1.165, 1.54) is 86.3 Å². The van der Waals surface area contributed by atoms with E-state index >= 15 is 0 Å². The number of rotatable bonds is 14. The Morgan fingerprint density at radius 3 is 0.986 bits per heavy atom. The molecule has 1 fully saturated rings. The van der Waals surface area contributed by atoms with E-state index in [2.05, 4.69) is 279 Å². The molecule has 364 valence electrons. The first-order chi connectivity index (χ1) is 36.3. The average molecular weight is 961 g/mol. The van der Waals surface area contributed by atoms with Gasteiger partial charge < -0.3 is 20.4 Å². The lowest BCUT2D eigenvalue weighted by Crippen LogP contribution is -2.30. The zero-order chi connectivity index (χ0) is 50.4. The van der Waals surface area contributed by atoms with Crippen LogP contribution < -0.4 is 20.4 Å². The summed E-state index contributed by atoms with van der Waals surface area (Å²) in [4.78, 5) is 4.83. The molecule has 0 aliphatic heterocycles. The Morgan fingerprint density at radius 2 is 0.635 bits per heavy atom. The topological polar surface area (TPSA) is 30.5 Å². The fourth-order valence-electron chi connectivity index (χ4n) is 11.3. The van der Waals surface area contributed by atoms with E-state index < -0.39 is 0 Å². The summed E-state index contributed by atoms with van der Waals surface area (Å²) in [5, 5.41) is 7.16. The molecule has 4 heteroatoms. The lowest BCUT2D eigenvalue weighted by atomic mass is 9.65. The number of hydrogen-bond donors (Lipinski definition) is 2. The summed E-state index contributed by atoms with van der Waals surface area (Å²) in [6, 6.07) is 88.6. The standard InChI is InChI=1S/C70H64N4/c1-50-46-54(28-40-66(50)71-60-20-10-5-11-21-60)56-30-42-68(52(3)48-56)73(62-24-14-7-15-25-62)64-36-32-58(33-37-64)70(44-18-9-19-45-70)59-34-38-65(39-35-59)74(63-26-16-8-17-27-63)69-43-31-57(49-53(69)4)55-29-41-67(51(2)47-55)72-61-22-12-6-13-23-61/h5-8,10-17,20-43,46-49,71-72H,9,18-19,44-45H2,1-4H3. The summed E-state index contributed by atoms with van der Waals surface area (Å²) < 4.78 is 0. The van der Waals surface area contributed by atoms with Crippen LogP contribution in [0.15, 0.2) is 243 Å². The van der Waals surface area contributed by atoms with Crippen LogP contribution in [0.1, 0.15) is 65.5 Å². The van der Waals surface area contributed by atoms with Gasteiger partial charge in [0.05, 0.1) is 0 Å². The first-order valence-corrected chi connectivity index (χ1v) is 26.3. The van der Waals surface area contributed by atoms with Crippen molar-refractivity contribution in [3.63, 3.8) is 0 Å². The number of para-hydroxylation sites is 4. The Balaban J connectivity index is 0.876. The highest BCUT2D eigenvalue weighted by Crippen LogP contribution is 2.48. The Bertz CT molecular complexity index is 3260. The van der Waals surface area contributed by atoms with E-state index in [1.54, 1.807) is 0 Å². The summed E-state index contributed by atoms with van der Waals surface area (Å²) in [7, 11) is 0. The second-order valence-electron chi connectivity index (χ2n) is 20.1. The minimum atomic E-state index is -0.0752. The number of nitrogens with zero attached hydrogens (tertiary/aromatic N) is 2. The van der Waals surface area contributed by atoms with Gasteiger partial charge >= 0.3 is 0 Å². The van der Waals surface area contributed by atoms with Crippen LogP contribution in [0.5, 0.6) is 0 Å². The smallest absolute Gasteiger partial charge is 0.0491 e. The molecule has 11 rings (SSSR count). The lowest BCUT2D eigenvalue weighted by molar-refractivity contribution is 0.346. The van der Waals surface area contributed by atoms with Gasteiger partial charge in [-0.1, -0.05) is 141 Å².